The number of alkyl halides is 3. The van der Waals surface area contributed by atoms with Crippen LogP contribution in [0.1, 0.15) is 16.8 Å². The molecule has 2 aromatic rings. The average Bonchev–Trinajstić information content (AvgIpc) is 2.89. The van der Waals surface area contributed by atoms with Gasteiger partial charge in [0.15, 0.2) is 0 Å². The van der Waals surface area contributed by atoms with Crippen LogP contribution >= 0.6 is 11.8 Å². The Labute approximate surface area is 133 Å². The third-order valence-electron chi connectivity index (χ3n) is 2.68. The van der Waals surface area contributed by atoms with Crippen molar-refractivity contribution in [1.82, 2.24) is 5.16 Å². The first-order valence-electron chi connectivity index (χ1n) is 6.27. The second-order valence-electron chi connectivity index (χ2n) is 4.49. The van der Waals surface area contributed by atoms with Crippen molar-refractivity contribution < 1.29 is 22.5 Å². The van der Waals surface area contributed by atoms with Crippen LogP contribution in [-0.2, 0) is 11.0 Å². The van der Waals surface area contributed by atoms with Gasteiger partial charge in [-0.1, -0.05) is 5.16 Å². The van der Waals surface area contributed by atoms with E-state index in [0.717, 1.165) is 23.9 Å². The number of carbonyl (C=O) groups is 1. The molecule has 1 N–H and O–H groups in total. The summed E-state index contributed by atoms with van der Waals surface area (Å²) in [6.07, 6.45) is -4.62. The number of nitrogens with zero attached hydrogens (tertiary/aromatic N) is 2. The smallest absolute Gasteiger partial charge is 0.338 e. The predicted octanol–water partition coefficient (Wildman–Crippen LogP) is 3.60. The van der Waals surface area contributed by atoms with E-state index >= 15 is 0 Å². The van der Waals surface area contributed by atoms with Crippen LogP contribution in [-0.4, -0.2) is 16.8 Å². The molecule has 0 aliphatic rings. The van der Waals surface area contributed by atoms with Gasteiger partial charge >= 0.3 is 6.18 Å². The summed E-state index contributed by atoms with van der Waals surface area (Å²) >= 11 is 0.921. The van der Waals surface area contributed by atoms with E-state index in [1.165, 1.54) is 18.2 Å². The maximum atomic E-state index is 12.8. The molecule has 0 fully saturated rings. The molecular formula is C14H10F3N3O2S. The molecule has 0 aliphatic carbocycles. The summed E-state index contributed by atoms with van der Waals surface area (Å²) in [5.74, 6) is -0.379. The highest BCUT2D eigenvalue weighted by atomic mass is 32.2. The van der Waals surface area contributed by atoms with Crippen LogP contribution in [0.5, 0.6) is 0 Å². The summed E-state index contributed by atoms with van der Waals surface area (Å²) in [4.78, 5) is 11.9. The van der Waals surface area contributed by atoms with Crippen molar-refractivity contribution in [2.45, 2.75) is 18.0 Å². The molecule has 1 aromatic carbocycles. The quantitative estimate of drug-likeness (QED) is 0.860. The van der Waals surface area contributed by atoms with E-state index in [2.05, 4.69) is 10.5 Å². The second-order valence-corrected chi connectivity index (χ2v) is 5.54. The lowest BCUT2D eigenvalue weighted by Gasteiger charge is -2.10. The number of hydrogen-bond donors (Lipinski definition) is 1. The summed E-state index contributed by atoms with van der Waals surface area (Å²) in [5.41, 5.74) is -0.880. The van der Waals surface area contributed by atoms with Gasteiger partial charge in [-0.15, -0.1) is 11.8 Å². The SMILES string of the molecule is Cc1cc(NC(=O)CSc2ccc(C#N)c(C(F)(F)F)c2)on1. The summed E-state index contributed by atoms with van der Waals surface area (Å²) in [5, 5.41) is 14.8. The minimum absolute atomic E-state index is 0.108. The summed E-state index contributed by atoms with van der Waals surface area (Å²) < 4.78 is 43.3. The highest BCUT2D eigenvalue weighted by Crippen LogP contribution is 2.34. The Kier molecular flexibility index (Phi) is 4.95. The van der Waals surface area contributed by atoms with Gasteiger partial charge in [0, 0.05) is 11.0 Å². The zero-order chi connectivity index (χ0) is 17.0. The number of halogens is 3. The zero-order valence-corrected chi connectivity index (χ0v) is 12.6. The van der Waals surface area contributed by atoms with Crippen molar-refractivity contribution in [3.8, 4) is 6.07 Å². The standard InChI is InChI=1S/C14H10F3N3O2S/c1-8-4-13(22-20-8)19-12(21)7-23-10-3-2-9(6-18)11(5-10)14(15,16)17/h2-5H,7H2,1H3,(H,19,21). The van der Waals surface area contributed by atoms with Crippen molar-refractivity contribution in [3.63, 3.8) is 0 Å². The minimum atomic E-state index is -4.62. The van der Waals surface area contributed by atoms with E-state index in [0.29, 0.717) is 5.69 Å². The highest BCUT2D eigenvalue weighted by Gasteiger charge is 2.33. The van der Waals surface area contributed by atoms with Crippen LogP contribution in [0.3, 0.4) is 0 Å². The molecule has 0 saturated carbocycles. The Morgan fingerprint density at radius 1 is 1.43 bits per heavy atom. The Hall–Kier alpha value is -2.47. The molecule has 120 valence electrons. The van der Waals surface area contributed by atoms with Gasteiger partial charge in [-0.2, -0.15) is 18.4 Å². The fourth-order valence-corrected chi connectivity index (χ4v) is 2.43. The number of amides is 1. The van der Waals surface area contributed by atoms with E-state index in [9.17, 15) is 18.0 Å². The maximum Gasteiger partial charge on any atom is 0.417 e. The van der Waals surface area contributed by atoms with Crippen molar-refractivity contribution in [3.05, 3.63) is 41.1 Å². The number of benzene rings is 1. The lowest BCUT2D eigenvalue weighted by atomic mass is 10.1. The normalized spacial score (nSPS) is 11.1. The maximum absolute atomic E-state index is 12.8. The predicted molar refractivity (Wildman–Crippen MR) is 76.8 cm³/mol. The number of aryl methyl sites for hydroxylation is 1. The molecule has 5 nitrogen and oxygen atoms in total. The number of rotatable bonds is 4. The van der Waals surface area contributed by atoms with Crippen LogP contribution < -0.4 is 5.32 Å². The van der Waals surface area contributed by atoms with Gasteiger partial charge in [-0.3, -0.25) is 10.1 Å². The summed E-state index contributed by atoms with van der Waals surface area (Å²) in [7, 11) is 0. The van der Waals surface area contributed by atoms with E-state index < -0.39 is 23.2 Å². The first-order chi connectivity index (χ1) is 10.8. The van der Waals surface area contributed by atoms with Crippen molar-refractivity contribution in [2.24, 2.45) is 0 Å². The Morgan fingerprint density at radius 2 is 2.17 bits per heavy atom. The lowest BCUT2D eigenvalue weighted by molar-refractivity contribution is -0.137. The molecule has 9 heteroatoms. The molecule has 1 heterocycles. The molecule has 0 unspecified atom stereocenters. The summed E-state index contributed by atoms with van der Waals surface area (Å²) in [6.45, 7) is 1.68. The average molecular weight is 341 g/mol. The number of carbonyl (C=O) groups excluding carboxylic acids is 1. The van der Waals surface area contributed by atoms with Crippen molar-refractivity contribution in [2.75, 3.05) is 11.1 Å². The van der Waals surface area contributed by atoms with E-state index in [-0.39, 0.29) is 16.5 Å². The molecule has 1 amide bonds. The summed E-state index contributed by atoms with van der Waals surface area (Å²) in [6, 6.07) is 6.33. The Bertz CT molecular complexity index is 765. The molecule has 23 heavy (non-hydrogen) atoms. The van der Waals surface area contributed by atoms with Crippen LogP contribution in [0.25, 0.3) is 0 Å². The van der Waals surface area contributed by atoms with Gasteiger partial charge in [-0.25, -0.2) is 0 Å². The Balaban J connectivity index is 2.03. The zero-order valence-electron chi connectivity index (χ0n) is 11.8. The van der Waals surface area contributed by atoms with Crippen LogP contribution in [0.4, 0.5) is 19.1 Å². The number of aromatic nitrogens is 1. The molecule has 0 saturated heterocycles. The van der Waals surface area contributed by atoms with Gasteiger partial charge < -0.3 is 4.52 Å². The van der Waals surface area contributed by atoms with Crippen molar-refractivity contribution >= 4 is 23.6 Å². The van der Waals surface area contributed by atoms with Gasteiger partial charge in [0.1, 0.15) is 0 Å². The van der Waals surface area contributed by atoms with Gasteiger partial charge in [0.05, 0.1) is 28.6 Å². The number of nitrogens with one attached hydrogen (secondary N) is 1. The number of nitriles is 1. The molecule has 2 rings (SSSR count). The van der Waals surface area contributed by atoms with Gasteiger partial charge in [0.25, 0.3) is 0 Å². The molecule has 1 aromatic heterocycles. The Morgan fingerprint density at radius 3 is 2.74 bits per heavy atom. The number of hydrogen-bond acceptors (Lipinski definition) is 5. The van der Waals surface area contributed by atoms with Crippen LogP contribution in [0, 0.1) is 18.3 Å². The fraction of sp³-hybridized carbons (Fsp3) is 0.214. The second kappa shape index (κ2) is 6.75. The largest absolute Gasteiger partial charge is 0.417 e. The molecule has 0 aliphatic heterocycles. The third-order valence-corrected chi connectivity index (χ3v) is 3.67. The highest BCUT2D eigenvalue weighted by molar-refractivity contribution is 8.00. The minimum Gasteiger partial charge on any atom is -0.338 e. The monoisotopic (exact) mass is 341 g/mol. The molecule has 0 atom stereocenters. The van der Waals surface area contributed by atoms with Crippen LogP contribution in [0.15, 0.2) is 33.7 Å². The molecule has 0 radical (unpaired) electrons. The van der Waals surface area contributed by atoms with Crippen LogP contribution in [0.2, 0.25) is 0 Å². The van der Waals surface area contributed by atoms with Crippen molar-refractivity contribution in [1.29, 1.82) is 5.26 Å². The fourth-order valence-electron chi connectivity index (χ4n) is 1.69. The first-order valence-corrected chi connectivity index (χ1v) is 7.25. The lowest BCUT2D eigenvalue weighted by Crippen LogP contribution is -2.13. The van der Waals surface area contributed by atoms with Gasteiger partial charge in [-0.05, 0) is 25.1 Å². The number of thioether (sulfide) groups is 1. The first kappa shape index (κ1) is 16.9. The molecular weight excluding hydrogens is 331 g/mol. The third kappa shape index (κ3) is 4.50. The van der Waals surface area contributed by atoms with E-state index in [1.54, 1.807) is 6.92 Å². The molecule has 0 spiro atoms. The van der Waals surface area contributed by atoms with E-state index in [1.807, 2.05) is 0 Å². The molecule has 0 bridgehead atoms. The van der Waals surface area contributed by atoms with E-state index in [4.69, 9.17) is 9.78 Å². The number of anilines is 1. The van der Waals surface area contributed by atoms with Gasteiger partial charge in [0.2, 0.25) is 11.8 Å². The topological polar surface area (TPSA) is 78.9 Å².